The summed E-state index contributed by atoms with van der Waals surface area (Å²) >= 11 is 1.56. The van der Waals surface area contributed by atoms with Crippen LogP contribution >= 0.6 is 11.8 Å². The summed E-state index contributed by atoms with van der Waals surface area (Å²) in [5.74, 6) is 1.41. The number of ether oxygens (including phenoxy) is 1. The Morgan fingerprint density at radius 3 is 2.69 bits per heavy atom. The molecule has 0 spiro atoms. The zero-order valence-corrected chi connectivity index (χ0v) is 16.0. The number of rotatable bonds is 7. The van der Waals surface area contributed by atoms with Gasteiger partial charge in [0.05, 0.1) is 7.11 Å². The second-order valence-corrected chi connectivity index (χ2v) is 7.03. The second kappa shape index (κ2) is 8.36. The predicted octanol–water partition coefficient (Wildman–Crippen LogP) is 5.10. The van der Waals surface area contributed by atoms with E-state index in [1.54, 1.807) is 17.8 Å². The third-order valence-electron chi connectivity index (χ3n) is 4.02. The van der Waals surface area contributed by atoms with Crippen molar-refractivity contribution >= 4 is 11.8 Å². The van der Waals surface area contributed by atoms with E-state index in [1.807, 2.05) is 12.1 Å². The molecule has 0 aliphatic heterocycles. The lowest BCUT2D eigenvalue weighted by atomic mass is 10.1. The number of hydrogen-bond acceptors (Lipinski definition) is 4. The molecule has 26 heavy (non-hydrogen) atoms. The maximum atomic E-state index is 13.9. The first-order chi connectivity index (χ1) is 12.6. The minimum absolute atomic E-state index is 0.259. The van der Waals surface area contributed by atoms with Crippen molar-refractivity contribution < 1.29 is 9.13 Å². The molecule has 1 heterocycles. The van der Waals surface area contributed by atoms with Gasteiger partial charge in [-0.15, -0.1) is 10.2 Å². The smallest absolute Gasteiger partial charge is 0.191 e. The van der Waals surface area contributed by atoms with Crippen LogP contribution in [0.3, 0.4) is 0 Å². The zero-order chi connectivity index (χ0) is 18.5. The van der Waals surface area contributed by atoms with Crippen LogP contribution < -0.4 is 4.74 Å². The Kier molecular flexibility index (Phi) is 5.93. The Morgan fingerprint density at radius 1 is 1.15 bits per heavy atom. The Morgan fingerprint density at radius 2 is 2.00 bits per heavy atom. The van der Waals surface area contributed by atoms with Crippen molar-refractivity contribution in [1.82, 2.24) is 14.8 Å². The summed E-state index contributed by atoms with van der Waals surface area (Å²) in [6.45, 7) is 5.04. The molecule has 2 aromatic carbocycles. The van der Waals surface area contributed by atoms with Crippen LogP contribution in [0.15, 0.2) is 47.6 Å². The van der Waals surface area contributed by atoms with Gasteiger partial charge in [-0.2, -0.15) is 0 Å². The number of aromatic nitrogens is 3. The van der Waals surface area contributed by atoms with Crippen molar-refractivity contribution in [1.29, 1.82) is 0 Å². The van der Waals surface area contributed by atoms with Gasteiger partial charge in [0.1, 0.15) is 0 Å². The number of halogens is 1. The maximum absolute atomic E-state index is 13.9. The maximum Gasteiger partial charge on any atom is 0.191 e. The number of methoxy groups -OCH3 is 1. The van der Waals surface area contributed by atoms with Gasteiger partial charge in [0, 0.05) is 17.9 Å². The van der Waals surface area contributed by atoms with E-state index in [9.17, 15) is 4.39 Å². The van der Waals surface area contributed by atoms with Crippen molar-refractivity contribution in [3.8, 4) is 17.1 Å². The average molecular weight is 371 g/mol. The number of nitrogens with zero attached hydrogens (tertiary/aromatic N) is 3. The summed E-state index contributed by atoms with van der Waals surface area (Å²) in [7, 11) is 1.47. The molecule has 0 amide bonds. The molecule has 0 aliphatic rings. The van der Waals surface area contributed by atoms with Crippen molar-refractivity contribution in [2.75, 3.05) is 7.11 Å². The summed E-state index contributed by atoms with van der Waals surface area (Å²) in [5.41, 5.74) is 3.14. The molecule has 3 rings (SSSR count). The minimum atomic E-state index is -0.346. The lowest BCUT2D eigenvalue weighted by Gasteiger charge is -2.10. The van der Waals surface area contributed by atoms with Gasteiger partial charge in [-0.25, -0.2) is 4.39 Å². The quantitative estimate of drug-likeness (QED) is 0.542. The Balaban J connectivity index is 1.83. The van der Waals surface area contributed by atoms with Crippen LogP contribution in [0, 0.1) is 12.7 Å². The number of aryl methyl sites for hydroxylation is 1. The van der Waals surface area contributed by atoms with Crippen LogP contribution in [0.4, 0.5) is 4.39 Å². The molecule has 1 aromatic heterocycles. The fourth-order valence-corrected chi connectivity index (χ4v) is 3.67. The summed E-state index contributed by atoms with van der Waals surface area (Å²) < 4.78 is 21.0. The van der Waals surface area contributed by atoms with E-state index in [0.29, 0.717) is 5.75 Å². The van der Waals surface area contributed by atoms with Gasteiger partial charge in [-0.1, -0.05) is 48.5 Å². The molecule has 0 radical (unpaired) electrons. The van der Waals surface area contributed by atoms with Crippen LogP contribution in [0.5, 0.6) is 5.75 Å². The fraction of sp³-hybridized carbons (Fsp3) is 0.300. The van der Waals surface area contributed by atoms with Gasteiger partial charge in [0.25, 0.3) is 0 Å². The van der Waals surface area contributed by atoms with E-state index in [1.165, 1.54) is 18.7 Å². The Bertz CT molecular complexity index is 895. The number of hydrogen-bond donors (Lipinski definition) is 0. The van der Waals surface area contributed by atoms with Gasteiger partial charge in [-0.05, 0) is 37.1 Å². The first kappa shape index (κ1) is 18.5. The first-order valence-electron chi connectivity index (χ1n) is 8.57. The highest BCUT2D eigenvalue weighted by molar-refractivity contribution is 7.98. The lowest BCUT2D eigenvalue weighted by molar-refractivity contribution is 0.386. The molecule has 0 unspecified atom stereocenters. The summed E-state index contributed by atoms with van der Waals surface area (Å²) in [6, 6.07) is 13.3. The molecule has 0 N–H and O–H groups in total. The standard InChI is InChI=1S/C20H22FN3OS/c1-4-10-24-19(16-7-5-6-14(2)11-16)22-23-20(24)26-13-15-8-9-18(25-3)17(21)12-15/h5-9,11-12H,4,10,13H2,1-3H3. The van der Waals surface area contributed by atoms with E-state index >= 15 is 0 Å². The molecule has 0 saturated carbocycles. The van der Waals surface area contributed by atoms with Gasteiger partial charge in [0.2, 0.25) is 0 Å². The topological polar surface area (TPSA) is 39.9 Å². The largest absolute Gasteiger partial charge is 0.494 e. The van der Waals surface area contributed by atoms with Crippen LogP contribution in [-0.4, -0.2) is 21.9 Å². The Labute approximate surface area is 157 Å². The SMILES string of the molecule is CCCn1c(SCc2ccc(OC)c(F)c2)nnc1-c1cccc(C)c1. The molecular weight excluding hydrogens is 349 g/mol. The van der Waals surface area contributed by atoms with Gasteiger partial charge in [0.15, 0.2) is 22.5 Å². The average Bonchev–Trinajstić information content (AvgIpc) is 3.03. The van der Waals surface area contributed by atoms with E-state index in [0.717, 1.165) is 35.1 Å². The van der Waals surface area contributed by atoms with Crippen LogP contribution in [0.25, 0.3) is 11.4 Å². The van der Waals surface area contributed by atoms with E-state index in [2.05, 4.69) is 46.8 Å². The molecule has 6 heteroatoms. The molecule has 0 fully saturated rings. The first-order valence-corrected chi connectivity index (χ1v) is 9.56. The van der Waals surface area contributed by atoms with Crippen molar-refractivity contribution in [3.05, 3.63) is 59.4 Å². The summed E-state index contributed by atoms with van der Waals surface area (Å²) in [6.07, 6.45) is 0.988. The molecule has 3 aromatic rings. The van der Waals surface area contributed by atoms with Crippen molar-refractivity contribution in [2.45, 2.75) is 37.7 Å². The molecule has 0 aliphatic carbocycles. The fourth-order valence-electron chi connectivity index (χ4n) is 2.77. The highest BCUT2D eigenvalue weighted by Crippen LogP contribution is 2.28. The molecule has 136 valence electrons. The number of thioether (sulfide) groups is 1. The Hall–Kier alpha value is -2.34. The van der Waals surface area contributed by atoms with Gasteiger partial charge in [-0.3, -0.25) is 0 Å². The molecule has 4 nitrogen and oxygen atoms in total. The highest BCUT2D eigenvalue weighted by Gasteiger charge is 2.14. The normalized spacial score (nSPS) is 10.9. The predicted molar refractivity (Wildman–Crippen MR) is 103 cm³/mol. The van der Waals surface area contributed by atoms with Crippen molar-refractivity contribution in [3.63, 3.8) is 0 Å². The van der Waals surface area contributed by atoms with Crippen molar-refractivity contribution in [2.24, 2.45) is 0 Å². The van der Waals surface area contributed by atoms with E-state index in [-0.39, 0.29) is 11.6 Å². The van der Waals surface area contributed by atoms with E-state index in [4.69, 9.17) is 4.74 Å². The van der Waals surface area contributed by atoms with E-state index < -0.39 is 0 Å². The highest BCUT2D eigenvalue weighted by atomic mass is 32.2. The molecule has 0 bridgehead atoms. The third-order valence-corrected chi connectivity index (χ3v) is 5.06. The molecular formula is C20H22FN3OS. The van der Waals surface area contributed by atoms with Crippen LogP contribution in [0.2, 0.25) is 0 Å². The number of benzene rings is 2. The molecule has 0 saturated heterocycles. The lowest BCUT2D eigenvalue weighted by Crippen LogP contribution is -2.02. The van der Waals surface area contributed by atoms with Crippen LogP contribution in [-0.2, 0) is 12.3 Å². The third kappa shape index (κ3) is 4.07. The zero-order valence-electron chi connectivity index (χ0n) is 15.2. The van der Waals surface area contributed by atoms with Gasteiger partial charge < -0.3 is 9.30 Å². The molecule has 0 atom stereocenters. The monoisotopic (exact) mass is 371 g/mol. The van der Waals surface area contributed by atoms with Gasteiger partial charge >= 0.3 is 0 Å². The minimum Gasteiger partial charge on any atom is -0.494 e. The van der Waals surface area contributed by atoms with Crippen LogP contribution in [0.1, 0.15) is 24.5 Å². The summed E-state index contributed by atoms with van der Waals surface area (Å²) in [5, 5.41) is 9.62. The second-order valence-electron chi connectivity index (χ2n) is 6.08. The summed E-state index contributed by atoms with van der Waals surface area (Å²) in [4.78, 5) is 0.